The van der Waals surface area contributed by atoms with Crippen molar-refractivity contribution in [2.45, 2.75) is 73.1 Å². The van der Waals surface area contributed by atoms with Gasteiger partial charge in [0.15, 0.2) is 0 Å². The normalized spacial score (nSPS) is 10.2. The molecule has 1 amide bonds. The second kappa shape index (κ2) is 16.5. The second-order valence-electron chi connectivity index (χ2n) is 5.43. The average Bonchev–Trinajstić information content (AvgIpc) is 2.46. The van der Waals surface area contributed by atoms with Crippen molar-refractivity contribution in [3.8, 4) is 0 Å². The van der Waals surface area contributed by atoms with Gasteiger partial charge in [-0.05, 0) is 32.4 Å². The maximum Gasteiger partial charge on any atom is 0.224 e. The molecule has 0 aliphatic rings. The molecule has 0 unspecified atom stereocenters. The van der Waals surface area contributed by atoms with Crippen molar-refractivity contribution in [3.05, 3.63) is 0 Å². The summed E-state index contributed by atoms with van der Waals surface area (Å²) in [5, 5.41) is 3.47. The van der Waals surface area contributed by atoms with Gasteiger partial charge in [0.25, 0.3) is 0 Å². The Balaban J connectivity index is 0. The van der Waals surface area contributed by atoms with E-state index in [0.29, 0.717) is 0 Å². The van der Waals surface area contributed by atoms with Crippen molar-refractivity contribution in [2.75, 3.05) is 26.7 Å². The SMILES string of the molecule is CC.CCCCCNCCCCCN(C)C(=O)C(C)C. The number of hydrogen-bond donors (Lipinski definition) is 1. The molecule has 0 aromatic rings. The molecule has 0 saturated heterocycles. The Hall–Kier alpha value is -0.570. The quantitative estimate of drug-likeness (QED) is 0.581. The molecule has 0 bridgehead atoms. The van der Waals surface area contributed by atoms with Crippen molar-refractivity contribution in [1.82, 2.24) is 10.2 Å². The molecule has 0 atom stereocenters. The molecule has 1 N–H and O–H groups in total. The van der Waals surface area contributed by atoms with Crippen molar-refractivity contribution >= 4 is 5.91 Å². The summed E-state index contributed by atoms with van der Waals surface area (Å²) in [6.07, 6.45) is 7.45. The van der Waals surface area contributed by atoms with E-state index >= 15 is 0 Å². The Morgan fingerprint density at radius 1 is 1.00 bits per heavy atom. The zero-order chi connectivity index (χ0) is 15.8. The van der Waals surface area contributed by atoms with Crippen LogP contribution in [-0.4, -0.2) is 37.5 Å². The van der Waals surface area contributed by atoms with E-state index in [9.17, 15) is 4.79 Å². The lowest BCUT2D eigenvalue weighted by molar-refractivity contribution is -0.133. The van der Waals surface area contributed by atoms with Crippen molar-refractivity contribution in [1.29, 1.82) is 0 Å². The Bertz CT molecular complexity index is 205. The number of nitrogens with zero attached hydrogens (tertiary/aromatic N) is 1. The first kappa shape index (κ1) is 21.7. The highest BCUT2D eigenvalue weighted by molar-refractivity contribution is 5.77. The smallest absolute Gasteiger partial charge is 0.224 e. The number of amides is 1. The van der Waals surface area contributed by atoms with E-state index < -0.39 is 0 Å². The van der Waals surface area contributed by atoms with E-state index in [1.807, 2.05) is 39.6 Å². The monoisotopic (exact) mass is 286 g/mol. The summed E-state index contributed by atoms with van der Waals surface area (Å²) in [5.74, 6) is 0.378. The van der Waals surface area contributed by atoms with E-state index in [2.05, 4.69) is 12.2 Å². The molecule has 0 saturated carbocycles. The molecule has 0 spiro atoms. The van der Waals surface area contributed by atoms with E-state index in [0.717, 1.165) is 26.1 Å². The van der Waals surface area contributed by atoms with Gasteiger partial charge in [0.1, 0.15) is 0 Å². The Morgan fingerprint density at radius 3 is 2.05 bits per heavy atom. The zero-order valence-corrected chi connectivity index (χ0v) is 14.8. The predicted octanol–water partition coefficient (Wildman–Crippen LogP) is 4.08. The first-order valence-corrected chi connectivity index (χ1v) is 8.55. The standard InChI is InChI=1S/C15H32N2O.C2H6/c1-5-6-8-11-16-12-9-7-10-13-17(4)15(18)14(2)3;1-2/h14,16H,5-13H2,1-4H3;1-2H3. The van der Waals surface area contributed by atoms with Gasteiger partial charge in [0, 0.05) is 19.5 Å². The fourth-order valence-corrected chi connectivity index (χ4v) is 1.95. The summed E-state index contributed by atoms with van der Waals surface area (Å²) in [4.78, 5) is 13.5. The van der Waals surface area contributed by atoms with Crippen LogP contribution in [0.15, 0.2) is 0 Å². The Kier molecular flexibility index (Phi) is 17.9. The lowest BCUT2D eigenvalue weighted by Crippen LogP contribution is -2.31. The van der Waals surface area contributed by atoms with Crippen LogP contribution in [0.3, 0.4) is 0 Å². The Labute approximate surface area is 127 Å². The summed E-state index contributed by atoms with van der Waals surface area (Å²) >= 11 is 0. The molecule has 0 aromatic carbocycles. The highest BCUT2D eigenvalue weighted by Gasteiger charge is 2.11. The third-order valence-corrected chi connectivity index (χ3v) is 3.17. The average molecular weight is 287 g/mol. The molecule has 0 aliphatic carbocycles. The molecular formula is C17H38N2O. The third-order valence-electron chi connectivity index (χ3n) is 3.17. The molecular weight excluding hydrogens is 248 g/mol. The van der Waals surface area contributed by atoms with Gasteiger partial charge >= 0.3 is 0 Å². The van der Waals surface area contributed by atoms with E-state index in [4.69, 9.17) is 0 Å². The van der Waals surface area contributed by atoms with Crippen LogP contribution in [0.25, 0.3) is 0 Å². The molecule has 0 fully saturated rings. The fraction of sp³-hybridized carbons (Fsp3) is 0.941. The van der Waals surface area contributed by atoms with E-state index in [1.165, 1.54) is 32.1 Å². The van der Waals surface area contributed by atoms with Gasteiger partial charge < -0.3 is 10.2 Å². The summed E-state index contributed by atoms with van der Waals surface area (Å²) in [7, 11) is 1.91. The molecule has 0 rings (SSSR count). The lowest BCUT2D eigenvalue weighted by Gasteiger charge is -2.19. The first-order chi connectivity index (χ1) is 9.59. The van der Waals surface area contributed by atoms with Crippen molar-refractivity contribution in [3.63, 3.8) is 0 Å². The summed E-state index contributed by atoms with van der Waals surface area (Å²) in [6.45, 7) is 13.3. The first-order valence-electron chi connectivity index (χ1n) is 8.55. The summed E-state index contributed by atoms with van der Waals surface area (Å²) < 4.78 is 0. The van der Waals surface area contributed by atoms with E-state index in [-0.39, 0.29) is 11.8 Å². The minimum absolute atomic E-state index is 0.121. The molecule has 3 nitrogen and oxygen atoms in total. The van der Waals surface area contributed by atoms with Crippen molar-refractivity contribution in [2.24, 2.45) is 5.92 Å². The number of carbonyl (C=O) groups is 1. The minimum Gasteiger partial charge on any atom is -0.346 e. The van der Waals surface area contributed by atoms with Gasteiger partial charge in [-0.2, -0.15) is 0 Å². The molecule has 0 radical (unpaired) electrons. The Morgan fingerprint density at radius 2 is 1.55 bits per heavy atom. The van der Waals surface area contributed by atoms with Gasteiger partial charge in [0.2, 0.25) is 5.91 Å². The number of nitrogens with one attached hydrogen (secondary N) is 1. The highest BCUT2D eigenvalue weighted by Crippen LogP contribution is 2.02. The third kappa shape index (κ3) is 13.9. The zero-order valence-electron chi connectivity index (χ0n) is 14.8. The van der Waals surface area contributed by atoms with Crippen LogP contribution < -0.4 is 5.32 Å². The predicted molar refractivity (Wildman–Crippen MR) is 90.1 cm³/mol. The number of unbranched alkanes of at least 4 members (excludes halogenated alkanes) is 4. The van der Waals surface area contributed by atoms with Gasteiger partial charge in [-0.1, -0.05) is 53.9 Å². The highest BCUT2D eigenvalue weighted by atomic mass is 16.2. The van der Waals surface area contributed by atoms with Gasteiger partial charge in [-0.15, -0.1) is 0 Å². The minimum atomic E-state index is 0.121. The summed E-state index contributed by atoms with van der Waals surface area (Å²) in [6, 6.07) is 0. The summed E-state index contributed by atoms with van der Waals surface area (Å²) in [5.41, 5.74) is 0. The maximum absolute atomic E-state index is 11.6. The van der Waals surface area contributed by atoms with Crippen LogP contribution in [0.5, 0.6) is 0 Å². The maximum atomic E-state index is 11.6. The lowest BCUT2D eigenvalue weighted by atomic mass is 10.1. The molecule has 3 heteroatoms. The van der Waals surface area contributed by atoms with E-state index in [1.54, 1.807) is 0 Å². The number of rotatable bonds is 11. The molecule has 122 valence electrons. The molecule has 0 aliphatic heterocycles. The van der Waals surface area contributed by atoms with Gasteiger partial charge in [0.05, 0.1) is 0 Å². The van der Waals surface area contributed by atoms with Crippen LogP contribution in [0.1, 0.15) is 73.1 Å². The molecule has 20 heavy (non-hydrogen) atoms. The van der Waals surface area contributed by atoms with Gasteiger partial charge in [-0.3, -0.25) is 4.79 Å². The van der Waals surface area contributed by atoms with Crippen LogP contribution in [0.2, 0.25) is 0 Å². The van der Waals surface area contributed by atoms with Crippen molar-refractivity contribution < 1.29 is 4.79 Å². The van der Waals surface area contributed by atoms with Crippen LogP contribution in [-0.2, 0) is 4.79 Å². The topological polar surface area (TPSA) is 32.3 Å². The van der Waals surface area contributed by atoms with Gasteiger partial charge in [-0.25, -0.2) is 0 Å². The largest absolute Gasteiger partial charge is 0.346 e. The second-order valence-corrected chi connectivity index (χ2v) is 5.43. The molecule has 0 aromatic heterocycles. The van der Waals surface area contributed by atoms with Crippen LogP contribution >= 0.6 is 0 Å². The number of hydrogen-bond acceptors (Lipinski definition) is 2. The molecule has 0 heterocycles. The fourth-order valence-electron chi connectivity index (χ4n) is 1.95. The van der Waals surface area contributed by atoms with Crippen LogP contribution in [0, 0.1) is 5.92 Å². The number of carbonyl (C=O) groups excluding carboxylic acids is 1. The van der Waals surface area contributed by atoms with Crippen LogP contribution in [0.4, 0.5) is 0 Å².